The number of hydrogen-bond acceptors (Lipinski definition) is 2. The standard InChI is InChI=1S/C13H20ClNO/c1-9(2)10(3)7-15-8-11-12(14)5-4-6-13(11)16/h4-6,9-10,15-16H,7-8H2,1-3H3. The molecule has 0 aliphatic heterocycles. The Balaban J connectivity index is 2.49. The molecule has 0 amide bonds. The molecule has 0 saturated heterocycles. The maximum absolute atomic E-state index is 9.64. The first-order valence-corrected chi connectivity index (χ1v) is 6.07. The molecule has 1 rings (SSSR count). The van der Waals surface area contributed by atoms with Crippen molar-refractivity contribution in [1.29, 1.82) is 0 Å². The fourth-order valence-corrected chi connectivity index (χ4v) is 1.62. The smallest absolute Gasteiger partial charge is 0.121 e. The molecule has 1 aromatic carbocycles. The lowest BCUT2D eigenvalue weighted by molar-refractivity contribution is 0.390. The Morgan fingerprint density at radius 2 is 2.00 bits per heavy atom. The average molecular weight is 242 g/mol. The summed E-state index contributed by atoms with van der Waals surface area (Å²) in [6.07, 6.45) is 0. The highest BCUT2D eigenvalue weighted by atomic mass is 35.5. The van der Waals surface area contributed by atoms with E-state index in [-0.39, 0.29) is 5.75 Å². The minimum absolute atomic E-state index is 0.261. The number of phenolic OH excluding ortho intramolecular Hbond substituents is 1. The van der Waals surface area contributed by atoms with Gasteiger partial charge in [-0.15, -0.1) is 0 Å². The molecule has 0 saturated carbocycles. The monoisotopic (exact) mass is 241 g/mol. The van der Waals surface area contributed by atoms with Gasteiger partial charge in [0.1, 0.15) is 5.75 Å². The third-order valence-electron chi connectivity index (χ3n) is 3.00. The number of nitrogens with one attached hydrogen (secondary N) is 1. The van der Waals surface area contributed by atoms with E-state index in [9.17, 15) is 5.11 Å². The lowest BCUT2D eigenvalue weighted by Crippen LogP contribution is -2.23. The summed E-state index contributed by atoms with van der Waals surface area (Å²) in [6.45, 7) is 8.17. The van der Waals surface area contributed by atoms with Gasteiger partial charge in [-0.2, -0.15) is 0 Å². The Morgan fingerprint density at radius 3 is 2.56 bits per heavy atom. The fourth-order valence-electron chi connectivity index (χ4n) is 1.38. The van der Waals surface area contributed by atoms with Crippen LogP contribution in [0.1, 0.15) is 26.3 Å². The van der Waals surface area contributed by atoms with E-state index >= 15 is 0 Å². The highest BCUT2D eigenvalue weighted by molar-refractivity contribution is 6.31. The van der Waals surface area contributed by atoms with Crippen LogP contribution in [0.4, 0.5) is 0 Å². The zero-order valence-electron chi connectivity index (χ0n) is 10.1. The van der Waals surface area contributed by atoms with E-state index in [1.165, 1.54) is 0 Å². The summed E-state index contributed by atoms with van der Waals surface area (Å²) >= 11 is 6.01. The SMILES string of the molecule is CC(C)C(C)CNCc1c(O)cccc1Cl. The predicted octanol–water partition coefficient (Wildman–Crippen LogP) is 3.43. The molecule has 0 aliphatic rings. The second-order valence-electron chi connectivity index (χ2n) is 4.59. The molecule has 0 spiro atoms. The van der Waals surface area contributed by atoms with Crippen molar-refractivity contribution >= 4 is 11.6 Å². The van der Waals surface area contributed by atoms with Crippen molar-refractivity contribution in [2.75, 3.05) is 6.54 Å². The van der Waals surface area contributed by atoms with Gasteiger partial charge in [-0.1, -0.05) is 38.4 Å². The normalized spacial score (nSPS) is 13.1. The van der Waals surface area contributed by atoms with Gasteiger partial charge in [0.2, 0.25) is 0 Å². The maximum atomic E-state index is 9.64. The van der Waals surface area contributed by atoms with Crippen molar-refractivity contribution in [3.63, 3.8) is 0 Å². The van der Waals surface area contributed by atoms with E-state index < -0.39 is 0 Å². The van der Waals surface area contributed by atoms with Gasteiger partial charge in [-0.25, -0.2) is 0 Å². The Morgan fingerprint density at radius 1 is 1.31 bits per heavy atom. The van der Waals surface area contributed by atoms with Gasteiger partial charge in [0.25, 0.3) is 0 Å². The number of rotatable bonds is 5. The van der Waals surface area contributed by atoms with Crippen molar-refractivity contribution < 1.29 is 5.11 Å². The second-order valence-corrected chi connectivity index (χ2v) is 5.00. The first-order valence-electron chi connectivity index (χ1n) is 5.69. The molecule has 0 fully saturated rings. The molecule has 0 heterocycles. The van der Waals surface area contributed by atoms with Crippen LogP contribution in [0.2, 0.25) is 5.02 Å². The molecule has 90 valence electrons. The molecule has 0 aromatic heterocycles. The molecular formula is C13H20ClNO. The molecule has 16 heavy (non-hydrogen) atoms. The number of hydrogen-bond donors (Lipinski definition) is 2. The molecule has 0 radical (unpaired) electrons. The fraction of sp³-hybridized carbons (Fsp3) is 0.538. The van der Waals surface area contributed by atoms with Crippen molar-refractivity contribution in [1.82, 2.24) is 5.32 Å². The second kappa shape index (κ2) is 6.12. The molecule has 1 unspecified atom stereocenters. The quantitative estimate of drug-likeness (QED) is 0.828. The summed E-state index contributed by atoms with van der Waals surface area (Å²) in [4.78, 5) is 0. The molecule has 3 heteroatoms. The van der Waals surface area contributed by atoms with Crippen LogP contribution in [0, 0.1) is 11.8 Å². The number of aromatic hydroxyl groups is 1. The van der Waals surface area contributed by atoms with Crippen molar-refractivity contribution in [3.8, 4) is 5.75 Å². The zero-order valence-corrected chi connectivity index (χ0v) is 10.9. The largest absolute Gasteiger partial charge is 0.508 e. The van der Waals surface area contributed by atoms with Gasteiger partial charge in [-0.3, -0.25) is 0 Å². The highest BCUT2D eigenvalue weighted by Crippen LogP contribution is 2.24. The number of phenols is 1. The zero-order chi connectivity index (χ0) is 12.1. The van der Waals surface area contributed by atoms with Crippen molar-refractivity contribution in [2.24, 2.45) is 11.8 Å². The van der Waals surface area contributed by atoms with Gasteiger partial charge in [0.05, 0.1) is 0 Å². The van der Waals surface area contributed by atoms with E-state index in [4.69, 9.17) is 11.6 Å². The molecular weight excluding hydrogens is 222 g/mol. The maximum Gasteiger partial charge on any atom is 0.121 e. The molecule has 2 N–H and O–H groups in total. The molecule has 1 aromatic rings. The van der Waals surface area contributed by atoms with Crippen LogP contribution in [-0.4, -0.2) is 11.7 Å². The third kappa shape index (κ3) is 3.69. The van der Waals surface area contributed by atoms with E-state index in [2.05, 4.69) is 26.1 Å². The van der Waals surface area contributed by atoms with Crippen LogP contribution in [-0.2, 0) is 6.54 Å². The summed E-state index contributed by atoms with van der Waals surface area (Å²) < 4.78 is 0. The van der Waals surface area contributed by atoms with E-state index in [0.717, 1.165) is 12.1 Å². The average Bonchev–Trinajstić information content (AvgIpc) is 2.22. The Labute approximate surface area is 103 Å². The van der Waals surface area contributed by atoms with Crippen LogP contribution in [0.5, 0.6) is 5.75 Å². The molecule has 2 nitrogen and oxygen atoms in total. The summed E-state index contributed by atoms with van der Waals surface area (Å²) in [5.74, 6) is 1.54. The van der Waals surface area contributed by atoms with Gasteiger partial charge in [-0.05, 0) is 30.5 Å². The van der Waals surface area contributed by atoms with E-state index in [1.54, 1.807) is 18.2 Å². The van der Waals surface area contributed by atoms with E-state index in [1.807, 2.05) is 0 Å². The minimum Gasteiger partial charge on any atom is -0.508 e. The van der Waals surface area contributed by atoms with Gasteiger partial charge >= 0.3 is 0 Å². The molecule has 0 aliphatic carbocycles. The van der Waals surface area contributed by atoms with Gasteiger partial charge in [0, 0.05) is 17.1 Å². The number of benzene rings is 1. The summed E-state index contributed by atoms with van der Waals surface area (Å²) in [5.41, 5.74) is 0.778. The summed E-state index contributed by atoms with van der Waals surface area (Å²) in [5, 5.41) is 13.6. The number of halogens is 1. The predicted molar refractivity (Wildman–Crippen MR) is 68.8 cm³/mol. The first kappa shape index (κ1) is 13.3. The van der Waals surface area contributed by atoms with Crippen LogP contribution in [0.25, 0.3) is 0 Å². The van der Waals surface area contributed by atoms with Crippen molar-refractivity contribution in [2.45, 2.75) is 27.3 Å². The molecule has 1 atom stereocenters. The summed E-state index contributed by atoms with van der Waals surface area (Å²) in [6, 6.07) is 5.21. The lowest BCUT2D eigenvalue weighted by Gasteiger charge is -2.16. The van der Waals surface area contributed by atoms with Crippen LogP contribution >= 0.6 is 11.6 Å². The van der Waals surface area contributed by atoms with E-state index in [0.29, 0.717) is 23.4 Å². The minimum atomic E-state index is 0.261. The van der Waals surface area contributed by atoms with Gasteiger partial charge < -0.3 is 10.4 Å². The third-order valence-corrected chi connectivity index (χ3v) is 3.35. The van der Waals surface area contributed by atoms with Crippen LogP contribution < -0.4 is 5.32 Å². The highest BCUT2D eigenvalue weighted by Gasteiger charge is 2.08. The van der Waals surface area contributed by atoms with Gasteiger partial charge in [0.15, 0.2) is 0 Å². The Bertz CT molecular complexity index is 318. The van der Waals surface area contributed by atoms with Crippen LogP contribution in [0.3, 0.4) is 0 Å². The Kier molecular flexibility index (Phi) is 5.10. The lowest BCUT2D eigenvalue weighted by atomic mass is 9.98. The summed E-state index contributed by atoms with van der Waals surface area (Å²) in [7, 11) is 0. The first-order chi connectivity index (χ1) is 7.52. The topological polar surface area (TPSA) is 32.3 Å². The van der Waals surface area contributed by atoms with Crippen LogP contribution in [0.15, 0.2) is 18.2 Å². The Hall–Kier alpha value is -0.730. The molecule has 0 bridgehead atoms. The van der Waals surface area contributed by atoms with Crippen molar-refractivity contribution in [3.05, 3.63) is 28.8 Å².